The van der Waals surface area contributed by atoms with Gasteiger partial charge in [-0.25, -0.2) is 4.79 Å². The highest BCUT2D eigenvalue weighted by molar-refractivity contribution is 5.78. The SMILES string of the molecule is C=C1C(O)C2OC3(CCC(C=CC(C)C4CC(C)=CC5(OC(CC(C)(O)C(=O)OCC(C)=CC=C(C)CO)CCC5O)O4)O3)CCC2OC1C(O)CC(C)C1OC2(CCCCO2)CCC1C. The molecule has 14 nitrogen and oxygen atoms in total. The predicted molar refractivity (Wildman–Crippen MR) is 246 cm³/mol. The molecule has 7 aliphatic rings. The zero-order valence-electron chi connectivity index (χ0n) is 40.5. The average molecular weight is 929 g/mol. The summed E-state index contributed by atoms with van der Waals surface area (Å²) in [6, 6.07) is 0. The summed E-state index contributed by atoms with van der Waals surface area (Å²) in [7, 11) is 0. The maximum atomic E-state index is 13.0. The van der Waals surface area contributed by atoms with Crippen LogP contribution in [0.4, 0.5) is 0 Å². The van der Waals surface area contributed by atoms with Gasteiger partial charge in [-0.05, 0) is 120 Å². The van der Waals surface area contributed by atoms with Crippen molar-refractivity contribution in [1.82, 2.24) is 0 Å². The number of esters is 1. The minimum absolute atomic E-state index is 0.00806. The van der Waals surface area contributed by atoms with E-state index in [1.54, 1.807) is 26.0 Å². The van der Waals surface area contributed by atoms with Crippen molar-refractivity contribution in [3.63, 3.8) is 0 Å². The Balaban J connectivity index is 0.900. The lowest BCUT2D eigenvalue weighted by molar-refractivity contribution is -0.321. The van der Waals surface area contributed by atoms with E-state index in [0.29, 0.717) is 56.4 Å². The van der Waals surface area contributed by atoms with Gasteiger partial charge < -0.3 is 63.4 Å². The second kappa shape index (κ2) is 21.4. The number of fused-ring (bicyclic) bond motifs is 1. The second-order valence-corrected chi connectivity index (χ2v) is 21.3. The van der Waals surface area contributed by atoms with Crippen LogP contribution in [0.25, 0.3) is 0 Å². The van der Waals surface area contributed by atoms with Gasteiger partial charge in [0.25, 0.3) is 0 Å². The van der Waals surface area contributed by atoms with E-state index in [1.807, 2.05) is 19.1 Å². The Hall–Kier alpha value is -2.31. The normalized spacial score (nSPS) is 41.4. The molecule has 0 saturated carbocycles. The minimum atomic E-state index is -1.84. The Bertz CT molecular complexity index is 1820. The Kier molecular flexibility index (Phi) is 16.7. The van der Waals surface area contributed by atoms with E-state index < -0.39 is 71.7 Å². The first-order valence-electron chi connectivity index (χ1n) is 24.9. The third-order valence-electron chi connectivity index (χ3n) is 15.3. The lowest BCUT2D eigenvalue weighted by Crippen LogP contribution is -2.60. The molecule has 7 heterocycles. The maximum Gasteiger partial charge on any atom is 0.338 e. The largest absolute Gasteiger partial charge is 0.459 e. The molecule has 0 amide bonds. The van der Waals surface area contributed by atoms with Gasteiger partial charge in [-0.2, -0.15) is 0 Å². The van der Waals surface area contributed by atoms with Crippen LogP contribution in [-0.4, -0.2) is 135 Å². The van der Waals surface area contributed by atoms with Gasteiger partial charge in [-0.3, -0.25) is 0 Å². The second-order valence-electron chi connectivity index (χ2n) is 21.3. The lowest BCUT2D eigenvalue weighted by Gasteiger charge is -2.50. The molecule has 14 heteroatoms. The smallest absolute Gasteiger partial charge is 0.338 e. The molecular weight excluding hydrogens is 849 g/mol. The number of carbonyl (C=O) groups is 1. The van der Waals surface area contributed by atoms with Crippen LogP contribution in [0.3, 0.4) is 0 Å². The molecule has 0 radical (unpaired) electrons. The third kappa shape index (κ3) is 11.8. The summed E-state index contributed by atoms with van der Waals surface area (Å²) in [5, 5.41) is 55.0. The van der Waals surface area contributed by atoms with E-state index in [1.165, 1.54) is 6.92 Å². The zero-order valence-corrected chi connectivity index (χ0v) is 40.5. The van der Waals surface area contributed by atoms with Crippen molar-refractivity contribution in [2.24, 2.45) is 17.8 Å². The molecule has 0 aromatic rings. The summed E-state index contributed by atoms with van der Waals surface area (Å²) in [5.74, 6) is -3.32. The quantitative estimate of drug-likeness (QED) is 0.0715. The molecule has 7 aliphatic heterocycles. The molecule has 66 heavy (non-hydrogen) atoms. The summed E-state index contributed by atoms with van der Waals surface area (Å²) >= 11 is 0. The van der Waals surface area contributed by atoms with Gasteiger partial charge in [0.1, 0.15) is 31.0 Å². The fourth-order valence-corrected chi connectivity index (χ4v) is 11.3. The van der Waals surface area contributed by atoms with Crippen LogP contribution in [0.15, 0.2) is 59.3 Å². The van der Waals surface area contributed by atoms with E-state index >= 15 is 0 Å². The summed E-state index contributed by atoms with van der Waals surface area (Å²) < 4.78 is 51.2. The molecule has 0 bridgehead atoms. The van der Waals surface area contributed by atoms with Crippen molar-refractivity contribution < 1.29 is 68.2 Å². The molecule has 0 aromatic heterocycles. The Morgan fingerprint density at radius 3 is 2.45 bits per heavy atom. The van der Waals surface area contributed by atoms with Gasteiger partial charge in [0.15, 0.2) is 17.2 Å². The van der Waals surface area contributed by atoms with E-state index in [-0.39, 0.29) is 49.8 Å². The summed E-state index contributed by atoms with van der Waals surface area (Å²) in [6.07, 6.45) is 13.0. The van der Waals surface area contributed by atoms with Crippen LogP contribution in [0.2, 0.25) is 0 Å². The molecule has 6 saturated heterocycles. The van der Waals surface area contributed by atoms with E-state index in [0.717, 1.165) is 61.9 Å². The molecule has 6 fully saturated rings. The highest BCUT2D eigenvalue weighted by atomic mass is 16.7. The van der Waals surface area contributed by atoms with Gasteiger partial charge in [-0.15, -0.1) is 0 Å². The van der Waals surface area contributed by atoms with Gasteiger partial charge in [0.05, 0.1) is 49.8 Å². The average Bonchev–Trinajstić information content (AvgIpc) is 3.68. The summed E-state index contributed by atoms with van der Waals surface area (Å²) in [5.41, 5.74) is 1.10. The Morgan fingerprint density at radius 1 is 0.970 bits per heavy atom. The molecular formula is C52H80O14. The molecule has 5 N–H and O–H groups in total. The van der Waals surface area contributed by atoms with Crippen LogP contribution < -0.4 is 0 Å². The predicted octanol–water partition coefficient (Wildman–Crippen LogP) is 6.56. The monoisotopic (exact) mass is 929 g/mol. The maximum absolute atomic E-state index is 13.0. The number of hydrogen-bond acceptors (Lipinski definition) is 14. The van der Waals surface area contributed by atoms with Crippen molar-refractivity contribution in [3.8, 4) is 0 Å². The molecule has 17 unspecified atom stereocenters. The Morgan fingerprint density at radius 2 is 1.71 bits per heavy atom. The zero-order chi connectivity index (χ0) is 47.6. The van der Waals surface area contributed by atoms with E-state index in [9.17, 15) is 30.3 Å². The van der Waals surface area contributed by atoms with Crippen LogP contribution in [-0.2, 0) is 42.7 Å². The number of ether oxygens (including phenoxy) is 8. The number of allylic oxidation sites excluding steroid dienone is 2. The van der Waals surface area contributed by atoms with E-state index in [2.05, 4.69) is 33.4 Å². The summed E-state index contributed by atoms with van der Waals surface area (Å²) in [6.45, 7) is 18.2. The van der Waals surface area contributed by atoms with E-state index in [4.69, 9.17) is 37.9 Å². The topological polar surface area (TPSA) is 192 Å². The molecule has 372 valence electrons. The number of aliphatic hydroxyl groups excluding tert-OH is 4. The van der Waals surface area contributed by atoms with Crippen LogP contribution in [0, 0.1) is 17.8 Å². The fraction of sp³-hybridized carbons (Fsp3) is 0.788. The number of carbonyl (C=O) groups excluding carboxylic acids is 1. The molecule has 0 aromatic carbocycles. The Labute approximate surface area is 392 Å². The van der Waals surface area contributed by atoms with Crippen molar-refractivity contribution in [2.45, 2.75) is 222 Å². The number of hydrogen-bond donors (Lipinski definition) is 5. The lowest BCUT2D eigenvalue weighted by atomic mass is 9.79. The van der Waals surface area contributed by atoms with Gasteiger partial charge in [-0.1, -0.05) is 57.2 Å². The first-order chi connectivity index (χ1) is 31.3. The van der Waals surface area contributed by atoms with Gasteiger partial charge in [0.2, 0.25) is 5.79 Å². The van der Waals surface area contributed by atoms with Crippen molar-refractivity contribution in [2.75, 3.05) is 19.8 Å². The standard InChI is InChI=1S/C52H80O14/c1-31(29-53)11-12-32(2)30-59-48(57)49(8,58)28-39-15-16-43(55)52(63-39)27-33(3)25-42(64-52)34(4)13-14-38-18-22-51(62-38)23-19-41-47(66-51)44(56)37(7)46(61-41)40(54)26-36(6)45-35(5)17-21-50(65-45)20-9-10-24-60-50/h11-14,27,34-36,38-47,53-56,58H,7,9-10,15-26,28-30H2,1-6,8H3. The molecule has 0 aliphatic carbocycles. The van der Waals surface area contributed by atoms with Crippen molar-refractivity contribution in [3.05, 3.63) is 59.3 Å². The number of rotatable bonds is 14. The first kappa shape index (κ1) is 51.5. The molecule has 7 rings (SSSR count). The first-order valence-corrected chi connectivity index (χ1v) is 24.9. The van der Waals surface area contributed by atoms with Gasteiger partial charge >= 0.3 is 5.97 Å². The van der Waals surface area contributed by atoms with Crippen molar-refractivity contribution >= 4 is 5.97 Å². The highest BCUT2D eigenvalue weighted by Gasteiger charge is 2.55. The molecule has 3 spiro atoms. The highest BCUT2D eigenvalue weighted by Crippen LogP contribution is 2.47. The van der Waals surface area contributed by atoms with Gasteiger partial charge in [0, 0.05) is 38.0 Å². The molecule has 17 atom stereocenters. The van der Waals surface area contributed by atoms with Crippen molar-refractivity contribution in [1.29, 1.82) is 0 Å². The third-order valence-corrected chi connectivity index (χ3v) is 15.3. The summed E-state index contributed by atoms with van der Waals surface area (Å²) in [4.78, 5) is 13.0. The van der Waals surface area contributed by atoms with Crippen LogP contribution in [0.1, 0.15) is 138 Å². The minimum Gasteiger partial charge on any atom is -0.459 e. The number of aliphatic hydroxyl groups is 5. The van der Waals surface area contributed by atoms with Crippen LogP contribution in [0.5, 0.6) is 0 Å². The van der Waals surface area contributed by atoms with Crippen LogP contribution >= 0.6 is 0 Å². The fourth-order valence-electron chi connectivity index (χ4n) is 11.3.